The van der Waals surface area contributed by atoms with Gasteiger partial charge in [0.15, 0.2) is 5.82 Å². The number of nitrogens with one attached hydrogen (secondary N) is 1. The fraction of sp³-hybridized carbons (Fsp3) is 0.200. The molecular weight excluding hydrogens is 498 g/mol. The van der Waals surface area contributed by atoms with Gasteiger partial charge in [-0.2, -0.15) is 5.10 Å². The summed E-state index contributed by atoms with van der Waals surface area (Å²) in [5.41, 5.74) is 1.38. The van der Waals surface area contributed by atoms with E-state index in [1.807, 2.05) is 0 Å². The van der Waals surface area contributed by atoms with Crippen LogP contribution in [0.25, 0.3) is 28.1 Å². The van der Waals surface area contributed by atoms with E-state index in [4.69, 9.17) is 4.74 Å². The molecule has 0 fully saturated rings. The van der Waals surface area contributed by atoms with Crippen LogP contribution in [-0.2, 0) is 17.9 Å². The summed E-state index contributed by atoms with van der Waals surface area (Å²) in [5.74, 6) is -1.24. The lowest BCUT2D eigenvalue weighted by molar-refractivity contribution is -0.127. The maximum atomic E-state index is 14.3. The number of hydrogen-bond acceptors (Lipinski definition) is 7. The Bertz CT molecular complexity index is 1740. The van der Waals surface area contributed by atoms with E-state index in [1.54, 1.807) is 11.5 Å². The molecule has 0 spiro atoms. The second kappa shape index (κ2) is 8.87. The summed E-state index contributed by atoms with van der Waals surface area (Å²) in [6.45, 7) is 2.33. The van der Waals surface area contributed by atoms with Crippen LogP contribution >= 0.6 is 0 Å². The summed E-state index contributed by atoms with van der Waals surface area (Å²) < 4.78 is 36.4. The summed E-state index contributed by atoms with van der Waals surface area (Å²) in [7, 11) is 1.45. The largest absolute Gasteiger partial charge is 0.494 e. The van der Waals surface area contributed by atoms with Gasteiger partial charge < -0.3 is 19.2 Å². The lowest BCUT2D eigenvalue weighted by Crippen LogP contribution is -2.41. The number of carbonyl (C=O) groups is 2. The molecule has 13 heteroatoms. The van der Waals surface area contributed by atoms with E-state index in [2.05, 4.69) is 25.0 Å². The number of imidazole rings is 1. The Labute approximate surface area is 213 Å². The number of hydrogen-bond donors (Lipinski definition) is 1. The predicted octanol–water partition coefficient (Wildman–Crippen LogP) is 2.83. The Morgan fingerprint density at radius 1 is 1.11 bits per heavy atom. The van der Waals surface area contributed by atoms with Gasteiger partial charge in [-0.1, -0.05) is 0 Å². The Balaban J connectivity index is 1.30. The number of pyridine rings is 1. The topological polar surface area (TPSA) is 124 Å². The predicted molar refractivity (Wildman–Crippen MR) is 130 cm³/mol. The van der Waals surface area contributed by atoms with Gasteiger partial charge in [0.1, 0.15) is 35.4 Å². The van der Waals surface area contributed by atoms with Crippen LogP contribution in [0.3, 0.4) is 0 Å². The minimum atomic E-state index is -0.727. The third-order valence-electron chi connectivity index (χ3n) is 6.48. The molecule has 0 bridgehead atoms. The molecular formula is C25H20F2N8O3. The molecule has 1 N–H and O–H groups in total. The minimum absolute atomic E-state index is 0.102. The molecule has 0 atom stereocenters. The number of H-pyrrole nitrogens is 1. The maximum absolute atomic E-state index is 14.3. The zero-order valence-corrected chi connectivity index (χ0v) is 20.3. The number of fused-ring (bicyclic) bond motifs is 2. The highest BCUT2D eigenvalue weighted by Crippen LogP contribution is 2.32. The molecule has 6 rings (SSSR count). The second-order valence-electron chi connectivity index (χ2n) is 8.74. The van der Waals surface area contributed by atoms with E-state index in [9.17, 15) is 18.4 Å². The first-order chi connectivity index (χ1) is 18.4. The summed E-state index contributed by atoms with van der Waals surface area (Å²) >= 11 is 0. The van der Waals surface area contributed by atoms with Crippen molar-refractivity contribution in [1.29, 1.82) is 0 Å². The van der Waals surface area contributed by atoms with Crippen molar-refractivity contribution in [3.63, 3.8) is 0 Å². The third kappa shape index (κ3) is 3.70. The van der Waals surface area contributed by atoms with Crippen molar-refractivity contribution in [1.82, 2.24) is 39.2 Å². The van der Waals surface area contributed by atoms with Gasteiger partial charge in [-0.25, -0.2) is 28.4 Å². The number of rotatable bonds is 5. The van der Waals surface area contributed by atoms with Gasteiger partial charge in [-0.15, -0.1) is 0 Å². The van der Waals surface area contributed by atoms with E-state index in [1.165, 1.54) is 47.7 Å². The summed E-state index contributed by atoms with van der Waals surface area (Å²) in [5, 5.41) is 4.68. The van der Waals surface area contributed by atoms with Crippen molar-refractivity contribution in [3.8, 4) is 23.0 Å². The molecule has 1 aliphatic rings. The number of nitrogens with zero attached hydrogens (tertiary/aromatic N) is 7. The van der Waals surface area contributed by atoms with Crippen LogP contribution in [-0.4, -0.2) is 64.5 Å². The number of benzene rings is 1. The van der Waals surface area contributed by atoms with Gasteiger partial charge >= 0.3 is 0 Å². The summed E-state index contributed by atoms with van der Waals surface area (Å²) in [6, 6.07) is 3.29. The number of ether oxygens (including phenoxy) is 1. The Morgan fingerprint density at radius 2 is 1.95 bits per heavy atom. The molecule has 4 aromatic heterocycles. The molecule has 5 aromatic rings. The van der Waals surface area contributed by atoms with Crippen molar-refractivity contribution >= 4 is 22.6 Å². The monoisotopic (exact) mass is 518 g/mol. The maximum Gasteiger partial charge on any atom is 0.295 e. The number of amides is 1. The van der Waals surface area contributed by atoms with Gasteiger partial charge in [0.25, 0.3) is 11.7 Å². The third-order valence-corrected chi connectivity index (χ3v) is 6.48. The van der Waals surface area contributed by atoms with E-state index >= 15 is 0 Å². The molecule has 0 unspecified atom stereocenters. The van der Waals surface area contributed by atoms with E-state index in [0.717, 1.165) is 12.1 Å². The average molecular weight is 518 g/mol. The highest BCUT2D eigenvalue weighted by Gasteiger charge is 2.31. The van der Waals surface area contributed by atoms with Crippen LogP contribution in [0.15, 0.2) is 43.1 Å². The van der Waals surface area contributed by atoms with E-state index < -0.39 is 23.3 Å². The molecule has 192 valence electrons. The van der Waals surface area contributed by atoms with Crippen LogP contribution in [0.5, 0.6) is 5.75 Å². The number of aromatic nitrogens is 7. The number of aromatic amines is 1. The molecule has 5 heterocycles. The van der Waals surface area contributed by atoms with Crippen molar-refractivity contribution in [3.05, 3.63) is 71.8 Å². The van der Waals surface area contributed by atoms with Crippen LogP contribution in [0.2, 0.25) is 0 Å². The Morgan fingerprint density at radius 3 is 2.68 bits per heavy atom. The highest BCUT2D eigenvalue weighted by molar-refractivity contribution is 6.45. The standard InChI is InChI=1S/C25H20F2N8O3/c1-13-31-12-35(32-13)24-21-20(19(38-2)10-30-24)17(9-28-21)22(36)25(37)33-5-6-34-15(11-33)8-29-23(34)16-4-3-14(26)7-18(16)27/h3-4,7-10,12,28H,5-6,11H2,1-2H3. The van der Waals surface area contributed by atoms with Crippen LogP contribution in [0, 0.1) is 18.6 Å². The molecule has 1 aromatic carbocycles. The molecule has 0 radical (unpaired) electrons. The molecule has 1 amide bonds. The average Bonchev–Trinajstić information content (AvgIpc) is 3.65. The van der Waals surface area contributed by atoms with Crippen LogP contribution < -0.4 is 4.74 Å². The van der Waals surface area contributed by atoms with Gasteiger partial charge in [-0.3, -0.25) is 9.59 Å². The normalized spacial score (nSPS) is 13.1. The lowest BCUT2D eigenvalue weighted by Gasteiger charge is -2.28. The minimum Gasteiger partial charge on any atom is -0.494 e. The number of ketones is 1. The SMILES string of the molecule is COc1cnc(-n2cnc(C)n2)c2[nH]cc(C(=O)C(=O)N3CCn4c(cnc4-c4ccc(F)cc4F)C3)c12. The number of methoxy groups -OCH3 is 1. The van der Waals surface area contributed by atoms with Gasteiger partial charge in [0, 0.05) is 25.4 Å². The Hall–Kier alpha value is -4.94. The molecule has 11 nitrogen and oxygen atoms in total. The summed E-state index contributed by atoms with van der Waals surface area (Å²) in [6.07, 6.45) is 5.93. The number of aryl methyl sites for hydroxylation is 1. The second-order valence-corrected chi connectivity index (χ2v) is 8.74. The highest BCUT2D eigenvalue weighted by atomic mass is 19.1. The van der Waals surface area contributed by atoms with Crippen LogP contribution in [0.4, 0.5) is 8.78 Å². The van der Waals surface area contributed by atoms with Crippen molar-refractivity contribution in [2.75, 3.05) is 13.7 Å². The zero-order valence-electron chi connectivity index (χ0n) is 20.3. The van der Waals surface area contributed by atoms with Crippen molar-refractivity contribution < 1.29 is 23.1 Å². The molecule has 0 saturated heterocycles. The smallest absolute Gasteiger partial charge is 0.295 e. The number of halogens is 2. The van der Waals surface area contributed by atoms with Crippen LogP contribution in [0.1, 0.15) is 21.9 Å². The molecule has 0 aliphatic carbocycles. The van der Waals surface area contributed by atoms with Crippen molar-refractivity contribution in [2.24, 2.45) is 0 Å². The van der Waals surface area contributed by atoms with Gasteiger partial charge in [0.2, 0.25) is 0 Å². The first-order valence-electron chi connectivity index (χ1n) is 11.6. The molecule has 0 saturated carbocycles. The van der Waals surface area contributed by atoms with E-state index in [0.29, 0.717) is 39.8 Å². The first-order valence-corrected chi connectivity index (χ1v) is 11.6. The summed E-state index contributed by atoms with van der Waals surface area (Å²) in [4.78, 5) is 44.0. The number of carbonyl (C=O) groups excluding carboxylic acids is 2. The van der Waals surface area contributed by atoms with Gasteiger partial charge in [0.05, 0.1) is 53.8 Å². The fourth-order valence-electron chi connectivity index (χ4n) is 4.66. The lowest BCUT2D eigenvalue weighted by atomic mass is 10.1. The first kappa shape index (κ1) is 23.5. The zero-order chi connectivity index (χ0) is 26.6. The van der Waals surface area contributed by atoms with Crippen molar-refractivity contribution in [2.45, 2.75) is 20.0 Å². The Kier molecular flexibility index (Phi) is 5.47. The molecule has 1 aliphatic heterocycles. The number of Topliss-reactive ketones (excluding diaryl/α,β-unsaturated/α-hetero) is 1. The fourth-order valence-corrected chi connectivity index (χ4v) is 4.66. The van der Waals surface area contributed by atoms with E-state index in [-0.39, 0.29) is 30.8 Å². The molecule has 38 heavy (non-hydrogen) atoms. The van der Waals surface area contributed by atoms with Gasteiger partial charge in [-0.05, 0) is 19.1 Å². The quantitative estimate of drug-likeness (QED) is 0.280.